The van der Waals surface area contributed by atoms with E-state index in [1.54, 1.807) is 18.2 Å². The van der Waals surface area contributed by atoms with Gasteiger partial charge in [0.2, 0.25) is 0 Å². The molecule has 1 atom stereocenters. The fraction of sp³-hybridized carbons (Fsp3) is 0.143. The van der Waals surface area contributed by atoms with Crippen LogP contribution in [0.1, 0.15) is 17.2 Å². The van der Waals surface area contributed by atoms with Gasteiger partial charge in [-0.25, -0.2) is 8.78 Å². The van der Waals surface area contributed by atoms with Crippen molar-refractivity contribution in [3.8, 4) is 0 Å². The molecule has 1 nitrogen and oxygen atoms in total. The Labute approximate surface area is 123 Å². The monoisotopic (exact) mass is 345 g/mol. The van der Waals surface area contributed by atoms with Gasteiger partial charge in [-0.2, -0.15) is 0 Å². The van der Waals surface area contributed by atoms with E-state index in [4.69, 9.17) is 17.3 Å². The third kappa shape index (κ3) is 3.53. The molecule has 2 rings (SSSR count). The number of rotatable bonds is 3. The van der Waals surface area contributed by atoms with Gasteiger partial charge in [-0.05, 0) is 35.7 Å². The summed E-state index contributed by atoms with van der Waals surface area (Å²) in [7, 11) is 0. The zero-order valence-electron chi connectivity index (χ0n) is 9.84. The van der Waals surface area contributed by atoms with Crippen LogP contribution in [0.15, 0.2) is 40.9 Å². The smallest absolute Gasteiger partial charge is 0.129 e. The van der Waals surface area contributed by atoms with Gasteiger partial charge in [-0.1, -0.05) is 39.7 Å². The molecule has 0 bridgehead atoms. The number of benzene rings is 2. The van der Waals surface area contributed by atoms with Crippen molar-refractivity contribution < 1.29 is 8.78 Å². The molecular weight excluding hydrogens is 336 g/mol. The van der Waals surface area contributed by atoms with Crippen molar-refractivity contribution in [2.75, 3.05) is 0 Å². The topological polar surface area (TPSA) is 26.0 Å². The molecule has 2 N–H and O–H groups in total. The molecule has 0 heterocycles. The van der Waals surface area contributed by atoms with Gasteiger partial charge in [-0.15, -0.1) is 0 Å². The Kier molecular flexibility index (Phi) is 4.55. The third-order valence-electron chi connectivity index (χ3n) is 2.82. The Balaban J connectivity index is 2.23. The van der Waals surface area contributed by atoms with Crippen LogP contribution >= 0.6 is 27.5 Å². The minimum absolute atomic E-state index is 0.284. The van der Waals surface area contributed by atoms with Crippen LogP contribution in [0.2, 0.25) is 5.02 Å². The first kappa shape index (κ1) is 14.4. The average Bonchev–Trinajstić information content (AvgIpc) is 2.32. The van der Waals surface area contributed by atoms with Gasteiger partial charge in [0.15, 0.2) is 0 Å². The number of hydrogen-bond acceptors (Lipinski definition) is 1. The summed E-state index contributed by atoms with van der Waals surface area (Å²) in [5.74, 6) is -1.18. The molecule has 1 unspecified atom stereocenters. The Bertz CT molecular complexity index is 604. The van der Waals surface area contributed by atoms with Crippen LogP contribution in [0.5, 0.6) is 0 Å². The van der Waals surface area contributed by atoms with Gasteiger partial charge in [-0.3, -0.25) is 0 Å². The van der Waals surface area contributed by atoms with Crippen molar-refractivity contribution in [1.82, 2.24) is 0 Å². The molecule has 0 radical (unpaired) electrons. The highest BCUT2D eigenvalue weighted by Gasteiger charge is 2.13. The zero-order chi connectivity index (χ0) is 14.0. The molecule has 19 heavy (non-hydrogen) atoms. The van der Waals surface area contributed by atoms with Crippen LogP contribution in [-0.4, -0.2) is 0 Å². The molecule has 0 aliphatic carbocycles. The lowest BCUT2D eigenvalue weighted by Gasteiger charge is -2.14. The zero-order valence-corrected chi connectivity index (χ0v) is 12.2. The molecule has 0 fully saturated rings. The number of hydrogen-bond donors (Lipinski definition) is 1. The van der Waals surface area contributed by atoms with E-state index >= 15 is 0 Å². The van der Waals surface area contributed by atoms with Crippen LogP contribution in [-0.2, 0) is 6.42 Å². The fourth-order valence-corrected chi connectivity index (χ4v) is 2.81. The average molecular weight is 347 g/mol. The van der Waals surface area contributed by atoms with Gasteiger partial charge in [0.25, 0.3) is 0 Å². The number of nitrogens with two attached hydrogens (primary N) is 1. The maximum Gasteiger partial charge on any atom is 0.129 e. The van der Waals surface area contributed by atoms with E-state index in [0.29, 0.717) is 10.6 Å². The van der Waals surface area contributed by atoms with E-state index in [-0.39, 0.29) is 6.42 Å². The summed E-state index contributed by atoms with van der Waals surface area (Å²) in [6.07, 6.45) is 0.284. The van der Waals surface area contributed by atoms with Crippen molar-refractivity contribution in [1.29, 1.82) is 0 Å². The normalized spacial score (nSPS) is 12.5. The summed E-state index contributed by atoms with van der Waals surface area (Å²) in [5.41, 5.74) is 7.26. The minimum Gasteiger partial charge on any atom is -0.324 e. The molecule has 100 valence electrons. The van der Waals surface area contributed by atoms with Gasteiger partial charge in [0.05, 0.1) is 0 Å². The Hall–Kier alpha value is -0.970. The van der Waals surface area contributed by atoms with Crippen LogP contribution in [0, 0.1) is 11.6 Å². The standard InChI is InChI=1S/C14H11BrClF2N/c15-12-6-9(16)2-4-11(12)14(19)5-8-1-3-10(17)7-13(8)18/h1-4,6-7,14H,5,19H2. The Morgan fingerprint density at radius 3 is 2.53 bits per heavy atom. The molecule has 0 spiro atoms. The highest BCUT2D eigenvalue weighted by atomic mass is 79.9. The second-order valence-corrected chi connectivity index (χ2v) is 5.50. The summed E-state index contributed by atoms with van der Waals surface area (Å²) in [4.78, 5) is 0. The maximum atomic E-state index is 13.6. The molecule has 0 aliphatic rings. The largest absolute Gasteiger partial charge is 0.324 e. The van der Waals surface area contributed by atoms with Crippen LogP contribution < -0.4 is 5.73 Å². The summed E-state index contributed by atoms with van der Waals surface area (Å²) < 4.78 is 27.2. The van der Waals surface area contributed by atoms with Crippen molar-refractivity contribution in [3.63, 3.8) is 0 Å². The minimum atomic E-state index is -0.595. The van der Waals surface area contributed by atoms with Gasteiger partial charge in [0.1, 0.15) is 11.6 Å². The third-order valence-corrected chi connectivity index (χ3v) is 3.74. The quantitative estimate of drug-likeness (QED) is 0.862. The number of halogens is 4. The second kappa shape index (κ2) is 5.99. The highest BCUT2D eigenvalue weighted by molar-refractivity contribution is 9.10. The first-order valence-electron chi connectivity index (χ1n) is 5.62. The highest BCUT2D eigenvalue weighted by Crippen LogP contribution is 2.28. The lowest BCUT2D eigenvalue weighted by atomic mass is 9.99. The predicted octanol–water partition coefficient (Wildman–Crippen LogP) is 4.62. The van der Waals surface area contributed by atoms with Crippen LogP contribution in [0.3, 0.4) is 0 Å². The predicted molar refractivity (Wildman–Crippen MR) is 76.1 cm³/mol. The molecular formula is C14H11BrClF2N. The first-order valence-corrected chi connectivity index (χ1v) is 6.79. The molecule has 2 aromatic rings. The first-order chi connectivity index (χ1) is 8.97. The van der Waals surface area contributed by atoms with Crippen molar-refractivity contribution in [3.05, 3.63) is 68.7 Å². The van der Waals surface area contributed by atoms with E-state index in [1.807, 2.05) is 0 Å². The fourth-order valence-electron chi connectivity index (χ4n) is 1.84. The van der Waals surface area contributed by atoms with E-state index < -0.39 is 17.7 Å². The van der Waals surface area contributed by atoms with E-state index in [9.17, 15) is 8.78 Å². The van der Waals surface area contributed by atoms with Gasteiger partial charge in [0, 0.05) is 21.6 Å². The van der Waals surface area contributed by atoms with E-state index in [1.165, 1.54) is 12.1 Å². The molecule has 0 saturated heterocycles. The molecule has 0 amide bonds. The van der Waals surface area contributed by atoms with E-state index in [0.717, 1.165) is 16.1 Å². The lowest BCUT2D eigenvalue weighted by molar-refractivity contribution is 0.563. The Morgan fingerprint density at radius 2 is 1.89 bits per heavy atom. The van der Waals surface area contributed by atoms with E-state index in [2.05, 4.69) is 15.9 Å². The molecule has 0 saturated carbocycles. The SMILES string of the molecule is NC(Cc1ccc(F)cc1F)c1ccc(Cl)cc1Br. The summed E-state index contributed by atoms with van der Waals surface area (Å²) in [5, 5.41) is 0.593. The molecule has 0 aromatic heterocycles. The van der Waals surface area contributed by atoms with Crippen molar-refractivity contribution in [2.24, 2.45) is 5.73 Å². The van der Waals surface area contributed by atoms with Gasteiger partial charge < -0.3 is 5.73 Å². The van der Waals surface area contributed by atoms with Crippen molar-refractivity contribution in [2.45, 2.75) is 12.5 Å². The molecule has 0 aliphatic heterocycles. The van der Waals surface area contributed by atoms with Gasteiger partial charge >= 0.3 is 0 Å². The van der Waals surface area contributed by atoms with Crippen molar-refractivity contribution >= 4 is 27.5 Å². The summed E-state index contributed by atoms with van der Waals surface area (Å²) in [6.45, 7) is 0. The molecule has 2 aromatic carbocycles. The molecule has 5 heteroatoms. The van der Waals surface area contributed by atoms with Crippen LogP contribution in [0.4, 0.5) is 8.78 Å². The van der Waals surface area contributed by atoms with Crippen LogP contribution in [0.25, 0.3) is 0 Å². The maximum absolute atomic E-state index is 13.6. The summed E-state index contributed by atoms with van der Waals surface area (Å²) >= 11 is 9.22. The summed E-state index contributed by atoms with van der Waals surface area (Å²) in [6, 6.07) is 8.35. The Morgan fingerprint density at radius 1 is 1.16 bits per heavy atom. The second-order valence-electron chi connectivity index (χ2n) is 4.21. The lowest BCUT2D eigenvalue weighted by Crippen LogP contribution is -2.14.